The molecule has 3 nitrogen and oxygen atoms in total. The molecule has 178 valence electrons. The lowest BCUT2D eigenvalue weighted by molar-refractivity contribution is 0.412. The van der Waals surface area contributed by atoms with Crippen LogP contribution in [0.1, 0.15) is 44.9 Å². The van der Waals surface area contributed by atoms with Crippen molar-refractivity contribution >= 4 is 5.82 Å². The van der Waals surface area contributed by atoms with Crippen molar-refractivity contribution in [1.29, 1.82) is 0 Å². The maximum atomic E-state index is 13.5. The maximum Gasteiger partial charge on any atom is 0.152 e. The summed E-state index contributed by atoms with van der Waals surface area (Å²) in [7, 11) is 0. The van der Waals surface area contributed by atoms with Crippen LogP contribution < -0.4 is 5.32 Å². The summed E-state index contributed by atoms with van der Waals surface area (Å²) in [5.41, 5.74) is 6.85. The summed E-state index contributed by atoms with van der Waals surface area (Å²) >= 11 is 0. The number of rotatable bonds is 8. The fourth-order valence-corrected chi connectivity index (χ4v) is 4.04. The second kappa shape index (κ2) is 10.6. The van der Waals surface area contributed by atoms with Crippen LogP contribution in [0.3, 0.4) is 0 Å². The van der Waals surface area contributed by atoms with Crippen LogP contribution in [-0.4, -0.2) is 9.97 Å². The normalized spacial score (nSPS) is 13.6. The molecule has 1 aliphatic rings. The number of hydrogen-bond donors (Lipinski definition) is 1. The van der Waals surface area contributed by atoms with Crippen molar-refractivity contribution in [3.05, 3.63) is 126 Å². The van der Waals surface area contributed by atoms with Gasteiger partial charge in [-0.15, -0.1) is 0 Å². The highest BCUT2D eigenvalue weighted by Crippen LogP contribution is 2.30. The molecule has 1 heterocycles. The fraction of sp³-hybridized carbons (Fsp3) is 0.226. The standard InChI is InChI=1S/C31H32FN3/c1-22(20-31(2,3)4)27(18-23-10-8-9-11-23)35-30-28(19-24-14-16-26(32)17-15-24)34-29(21-33-30)25-12-6-5-7-13-25/h5-10,12-18,21H,1,11,19-20H2,2-4H3,(H,33,35)/b27-18-. The van der Waals surface area contributed by atoms with Gasteiger partial charge >= 0.3 is 0 Å². The van der Waals surface area contributed by atoms with E-state index >= 15 is 0 Å². The Bertz CT molecular complexity index is 1280. The monoisotopic (exact) mass is 465 g/mol. The first-order valence-corrected chi connectivity index (χ1v) is 12.0. The minimum Gasteiger partial charge on any atom is -0.338 e. The lowest BCUT2D eigenvalue weighted by Crippen LogP contribution is -2.13. The van der Waals surface area contributed by atoms with Gasteiger partial charge in [0.05, 0.1) is 17.6 Å². The van der Waals surface area contributed by atoms with Crippen LogP contribution >= 0.6 is 0 Å². The van der Waals surface area contributed by atoms with E-state index in [9.17, 15) is 4.39 Å². The zero-order valence-electron chi connectivity index (χ0n) is 20.7. The van der Waals surface area contributed by atoms with Gasteiger partial charge in [0, 0.05) is 17.7 Å². The fourth-order valence-electron chi connectivity index (χ4n) is 4.04. The molecule has 1 aromatic heterocycles. The summed E-state index contributed by atoms with van der Waals surface area (Å²) in [6.07, 6.45) is 12.6. The van der Waals surface area contributed by atoms with E-state index in [0.29, 0.717) is 12.2 Å². The quantitative estimate of drug-likeness (QED) is 0.342. The highest BCUT2D eigenvalue weighted by atomic mass is 19.1. The maximum absolute atomic E-state index is 13.5. The van der Waals surface area contributed by atoms with Gasteiger partial charge in [0.15, 0.2) is 5.82 Å². The molecule has 0 unspecified atom stereocenters. The minimum absolute atomic E-state index is 0.0972. The molecule has 0 fully saturated rings. The predicted molar refractivity (Wildman–Crippen MR) is 143 cm³/mol. The van der Waals surface area contributed by atoms with Gasteiger partial charge in [0.25, 0.3) is 0 Å². The number of anilines is 1. The van der Waals surface area contributed by atoms with Crippen molar-refractivity contribution in [3.8, 4) is 11.3 Å². The molecule has 1 aliphatic carbocycles. The minimum atomic E-state index is -0.252. The second-order valence-electron chi connectivity index (χ2n) is 10.1. The largest absolute Gasteiger partial charge is 0.338 e. The molecule has 0 aliphatic heterocycles. The molecule has 0 saturated heterocycles. The van der Waals surface area contributed by atoms with Crippen LogP contribution in [0.15, 0.2) is 109 Å². The van der Waals surface area contributed by atoms with Gasteiger partial charge in [-0.1, -0.05) is 88.0 Å². The van der Waals surface area contributed by atoms with E-state index in [4.69, 9.17) is 9.97 Å². The lowest BCUT2D eigenvalue weighted by Gasteiger charge is -2.23. The molecule has 0 bridgehead atoms. The third-order valence-electron chi connectivity index (χ3n) is 5.71. The molecular weight excluding hydrogens is 433 g/mol. The molecule has 4 heteroatoms. The highest BCUT2D eigenvalue weighted by molar-refractivity contribution is 5.62. The summed E-state index contributed by atoms with van der Waals surface area (Å²) in [6.45, 7) is 11.0. The van der Waals surface area contributed by atoms with Crippen molar-refractivity contribution in [2.45, 2.75) is 40.0 Å². The van der Waals surface area contributed by atoms with Gasteiger partial charge < -0.3 is 5.32 Å². The van der Waals surface area contributed by atoms with Crippen LogP contribution in [0.2, 0.25) is 0 Å². The molecule has 3 aromatic rings. The zero-order valence-corrected chi connectivity index (χ0v) is 20.7. The Morgan fingerprint density at radius 1 is 1.09 bits per heavy atom. The van der Waals surface area contributed by atoms with E-state index in [-0.39, 0.29) is 11.2 Å². The zero-order chi connectivity index (χ0) is 24.8. The first-order valence-electron chi connectivity index (χ1n) is 12.0. The number of benzene rings is 2. The molecule has 35 heavy (non-hydrogen) atoms. The van der Waals surface area contributed by atoms with Crippen LogP contribution in [0, 0.1) is 11.2 Å². The Morgan fingerprint density at radius 3 is 2.49 bits per heavy atom. The van der Waals surface area contributed by atoms with Gasteiger partial charge in [-0.2, -0.15) is 0 Å². The average molecular weight is 466 g/mol. The number of halogens is 1. The van der Waals surface area contributed by atoms with Gasteiger partial charge in [-0.3, -0.25) is 0 Å². The molecule has 4 rings (SSSR count). The number of hydrogen-bond acceptors (Lipinski definition) is 3. The summed E-state index contributed by atoms with van der Waals surface area (Å²) in [5, 5.41) is 3.55. The number of aromatic nitrogens is 2. The number of nitrogens with one attached hydrogen (secondary N) is 1. The Balaban J connectivity index is 1.72. The van der Waals surface area contributed by atoms with Gasteiger partial charge in [0.2, 0.25) is 0 Å². The lowest BCUT2D eigenvalue weighted by atomic mass is 9.87. The van der Waals surface area contributed by atoms with E-state index in [1.807, 2.05) is 30.3 Å². The second-order valence-corrected chi connectivity index (χ2v) is 10.1. The van der Waals surface area contributed by atoms with Crippen molar-refractivity contribution in [3.63, 3.8) is 0 Å². The SMILES string of the molecule is C=C(CC(C)(C)C)/C(=C/C1=CC=CC1)Nc1ncc(-c2ccccc2)nc1Cc1ccc(F)cc1. The molecule has 0 radical (unpaired) electrons. The van der Waals surface area contributed by atoms with Gasteiger partial charge in [0.1, 0.15) is 5.82 Å². The summed E-state index contributed by atoms with van der Waals surface area (Å²) in [5.74, 6) is 0.431. The first kappa shape index (κ1) is 24.3. The van der Waals surface area contributed by atoms with Crippen molar-refractivity contribution in [2.24, 2.45) is 5.41 Å². The van der Waals surface area contributed by atoms with Gasteiger partial charge in [-0.25, -0.2) is 14.4 Å². The summed E-state index contributed by atoms with van der Waals surface area (Å²) < 4.78 is 13.5. The van der Waals surface area contributed by atoms with E-state index in [0.717, 1.165) is 46.6 Å². The third kappa shape index (κ3) is 6.86. The Kier molecular flexibility index (Phi) is 7.40. The van der Waals surface area contributed by atoms with Crippen molar-refractivity contribution in [1.82, 2.24) is 9.97 Å². The third-order valence-corrected chi connectivity index (χ3v) is 5.71. The van der Waals surface area contributed by atoms with E-state index < -0.39 is 0 Å². The molecule has 0 spiro atoms. The molecular formula is C31H32FN3. The van der Waals surface area contributed by atoms with Crippen LogP contribution in [0.5, 0.6) is 0 Å². The molecule has 0 amide bonds. The molecule has 0 saturated carbocycles. The number of nitrogens with zero attached hydrogens (tertiary/aromatic N) is 2. The average Bonchev–Trinajstić information content (AvgIpc) is 3.34. The van der Waals surface area contributed by atoms with E-state index in [2.05, 4.69) is 57.0 Å². The van der Waals surface area contributed by atoms with Crippen molar-refractivity contribution < 1.29 is 4.39 Å². The van der Waals surface area contributed by atoms with Gasteiger partial charge in [-0.05, 0) is 53.2 Å². The Labute approximate surface area is 207 Å². The van der Waals surface area contributed by atoms with Crippen LogP contribution in [0.25, 0.3) is 11.3 Å². The van der Waals surface area contributed by atoms with E-state index in [1.165, 1.54) is 17.7 Å². The molecule has 0 atom stereocenters. The predicted octanol–water partition coefficient (Wildman–Crippen LogP) is 8.05. The van der Waals surface area contributed by atoms with Crippen molar-refractivity contribution in [2.75, 3.05) is 5.32 Å². The topological polar surface area (TPSA) is 37.8 Å². The Morgan fingerprint density at radius 2 is 1.83 bits per heavy atom. The van der Waals surface area contributed by atoms with Crippen LogP contribution in [-0.2, 0) is 6.42 Å². The van der Waals surface area contributed by atoms with Crippen LogP contribution in [0.4, 0.5) is 10.2 Å². The molecule has 2 aromatic carbocycles. The number of allylic oxidation sites excluding steroid dienone is 6. The summed E-state index contributed by atoms with van der Waals surface area (Å²) in [4.78, 5) is 9.77. The highest BCUT2D eigenvalue weighted by Gasteiger charge is 2.18. The summed E-state index contributed by atoms with van der Waals surface area (Å²) in [6, 6.07) is 16.5. The van der Waals surface area contributed by atoms with E-state index in [1.54, 1.807) is 18.3 Å². The first-order chi connectivity index (χ1) is 16.8. The smallest absolute Gasteiger partial charge is 0.152 e. The Hall–Kier alpha value is -3.79. The molecule has 1 N–H and O–H groups in total.